The Morgan fingerprint density at radius 1 is 1.18 bits per heavy atom. The molecule has 3 aromatic rings. The van der Waals surface area contributed by atoms with Gasteiger partial charge in [0.05, 0.1) is 12.5 Å². The number of rotatable bonds is 8. The van der Waals surface area contributed by atoms with Crippen LogP contribution < -0.4 is 10.6 Å². The topological polar surface area (TPSA) is 106 Å². The lowest BCUT2D eigenvalue weighted by molar-refractivity contribution is -0.125. The summed E-state index contributed by atoms with van der Waals surface area (Å²) in [6.07, 6.45) is 0.828. The number of aromatic nitrogens is 2. The third-order valence-corrected chi connectivity index (χ3v) is 6.08. The average molecular weight is 467 g/mol. The zero-order valence-corrected chi connectivity index (χ0v) is 19.1. The molecule has 0 saturated heterocycles. The Labute approximate surface area is 196 Å². The first-order chi connectivity index (χ1) is 16.5. The molecule has 1 heterocycles. The van der Waals surface area contributed by atoms with Gasteiger partial charge in [0, 0.05) is 36.7 Å². The van der Waals surface area contributed by atoms with Gasteiger partial charge in [-0.2, -0.15) is 4.98 Å². The van der Waals surface area contributed by atoms with E-state index in [1.807, 2.05) is 30.3 Å². The zero-order valence-electron chi connectivity index (χ0n) is 19.1. The summed E-state index contributed by atoms with van der Waals surface area (Å²) in [5, 5.41) is 9.90. The van der Waals surface area contributed by atoms with E-state index in [-0.39, 0.29) is 23.3 Å². The Morgan fingerprint density at radius 2 is 1.97 bits per heavy atom. The number of benzene rings is 2. The number of carbonyl (C=O) groups is 2. The van der Waals surface area contributed by atoms with Crippen LogP contribution in [0, 0.1) is 18.7 Å². The Balaban J connectivity index is 1.55. The zero-order chi connectivity index (χ0) is 24.1. The first kappa shape index (κ1) is 23.6. The van der Waals surface area contributed by atoms with Crippen molar-refractivity contribution in [3.05, 3.63) is 71.4 Å². The molecule has 9 heteroatoms. The van der Waals surface area contributed by atoms with Gasteiger partial charge in [0.1, 0.15) is 5.82 Å². The lowest BCUT2D eigenvalue weighted by Gasteiger charge is -2.18. The second kappa shape index (κ2) is 10.6. The second-order valence-corrected chi connectivity index (χ2v) is 8.42. The molecule has 2 aromatic carbocycles. The number of carbonyl (C=O) groups excluding carboxylic acids is 2. The van der Waals surface area contributed by atoms with Crippen LogP contribution in [-0.4, -0.2) is 48.3 Å². The van der Waals surface area contributed by atoms with Gasteiger partial charge >= 0.3 is 0 Å². The number of nitrogens with zero attached hydrogens (tertiary/aromatic N) is 2. The van der Waals surface area contributed by atoms with E-state index in [4.69, 9.17) is 9.26 Å². The van der Waals surface area contributed by atoms with Crippen molar-refractivity contribution in [1.29, 1.82) is 0 Å². The van der Waals surface area contributed by atoms with Gasteiger partial charge < -0.3 is 19.9 Å². The van der Waals surface area contributed by atoms with Crippen molar-refractivity contribution in [2.75, 3.05) is 20.3 Å². The maximum Gasteiger partial charge on any atom is 0.251 e. The number of aryl methyl sites for hydroxylation is 1. The van der Waals surface area contributed by atoms with Gasteiger partial charge in [0.2, 0.25) is 17.6 Å². The van der Waals surface area contributed by atoms with Crippen LogP contribution in [0.5, 0.6) is 0 Å². The quantitative estimate of drug-likeness (QED) is 0.494. The van der Waals surface area contributed by atoms with Gasteiger partial charge in [0.15, 0.2) is 0 Å². The van der Waals surface area contributed by atoms with E-state index in [0.717, 1.165) is 5.56 Å². The maximum atomic E-state index is 14.0. The molecule has 2 amide bonds. The smallest absolute Gasteiger partial charge is 0.251 e. The van der Waals surface area contributed by atoms with Gasteiger partial charge in [0.25, 0.3) is 5.91 Å². The molecule has 0 spiro atoms. The van der Waals surface area contributed by atoms with Crippen LogP contribution in [-0.2, 0) is 9.53 Å². The molecule has 1 fully saturated rings. The van der Waals surface area contributed by atoms with Crippen molar-refractivity contribution in [3.63, 3.8) is 0 Å². The van der Waals surface area contributed by atoms with E-state index < -0.39 is 17.8 Å². The SMILES string of the molecule is COCCNC(=O)C1CC(NC(=O)c2ccc(C)c(F)c2)C(c2nc(-c3ccccc3)no2)C1. The van der Waals surface area contributed by atoms with Crippen LogP contribution in [0.4, 0.5) is 4.39 Å². The third-order valence-electron chi connectivity index (χ3n) is 6.08. The normalized spacial score (nSPS) is 19.7. The maximum absolute atomic E-state index is 14.0. The fourth-order valence-electron chi connectivity index (χ4n) is 4.18. The number of ether oxygens (including phenoxy) is 1. The summed E-state index contributed by atoms with van der Waals surface area (Å²) in [7, 11) is 1.57. The molecule has 1 saturated carbocycles. The molecule has 1 aliphatic carbocycles. The number of halogens is 1. The summed E-state index contributed by atoms with van der Waals surface area (Å²) in [5.41, 5.74) is 1.48. The van der Waals surface area contributed by atoms with Crippen molar-refractivity contribution in [2.24, 2.45) is 5.92 Å². The van der Waals surface area contributed by atoms with Gasteiger partial charge in [-0.25, -0.2) is 4.39 Å². The van der Waals surface area contributed by atoms with Crippen molar-refractivity contribution < 1.29 is 23.2 Å². The van der Waals surface area contributed by atoms with Crippen molar-refractivity contribution in [3.8, 4) is 11.4 Å². The standard InChI is InChI=1S/C25H27FN4O4/c1-15-8-9-17(13-20(15)26)24(32)28-21-14-18(23(31)27-10-11-33-2)12-19(21)25-29-22(30-34-25)16-6-4-3-5-7-16/h3-9,13,18-19,21H,10-12,14H2,1-2H3,(H,27,31)(H,28,32). The largest absolute Gasteiger partial charge is 0.383 e. The summed E-state index contributed by atoms with van der Waals surface area (Å²) < 4.78 is 24.6. The van der Waals surface area contributed by atoms with Crippen molar-refractivity contribution in [2.45, 2.75) is 31.7 Å². The summed E-state index contributed by atoms with van der Waals surface area (Å²) in [4.78, 5) is 30.2. The van der Waals surface area contributed by atoms with Crippen molar-refractivity contribution >= 4 is 11.8 Å². The van der Waals surface area contributed by atoms with Crippen LogP contribution in [0.25, 0.3) is 11.4 Å². The first-order valence-electron chi connectivity index (χ1n) is 11.2. The number of nitrogens with one attached hydrogen (secondary N) is 2. The second-order valence-electron chi connectivity index (χ2n) is 8.42. The highest BCUT2D eigenvalue weighted by atomic mass is 19.1. The van der Waals surface area contributed by atoms with Crippen LogP contribution in [0.1, 0.15) is 40.6 Å². The Kier molecular flexibility index (Phi) is 7.32. The Bertz CT molecular complexity index is 1150. The van der Waals surface area contributed by atoms with Gasteiger partial charge in [-0.15, -0.1) is 0 Å². The van der Waals surface area contributed by atoms with E-state index >= 15 is 0 Å². The molecular formula is C25H27FN4O4. The van der Waals surface area contributed by atoms with Gasteiger partial charge in [-0.1, -0.05) is 41.6 Å². The molecule has 0 bridgehead atoms. The highest BCUT2D eigenvalue weighted by molar-refractivity contribution is 5.94. The molecule has 2 N–H and O–H groups in total. The number of methoxy groups -OCH3 is 1. The predicted molar refractivity (Wildman–Crippen MR) is 122 cm³/mol. The molecule has 0 radical (unpaired) electrons. The minimum atomic E-state index is -0.449. The fourth-order valence-corrected chi connectivity index (χ4v) is 4.18. The monoisotopic (exact) mass is 466 g/mol. The van der Waals surface area contributed by atoms with Crippen LogP contribution in [0.3, 0.4) is 0 Å². The first-order valence-corrected chi connectivity index (χ1v) is 11.2. The molecule has 178 valence electrons. The van der Waals surface area contributed by atoms with E-state index in [2.05, 4.69) is 20.8 Å². The van der Waals surface area contributed by atoms with E-state index in [0.29, 0.717) is 43.3 Å². The fraction of sp³-hybridized carbons (Fsp3) is 0.360. The molecule has 1 aromatic heterocycles. The Morgan fingerprint density at radius 3 is 2.71 bits per heavy atom. The number of hydrogen-bond donors (Lipinski definition) is 2. The van der Waals surface area contributed by atoms with E-state index in [1.54, 1.807) is 26.2 Å². The molecule has 3 atom stereocenters. The molecule has 8 nitrogen and oxygen atoms in total. The Hall–Kier alpha value is -3.59. The van der Waals surface area contributed by atoms with Crippen molar-refractivity contribution in [1.82, 2.24) is 20.8 Å². The molecule has 34 heavy (non-hydrogen) atoms. The summed E-state index contributed by atoms with van der Waals surface area (Å²) in [6, 6.07) is 13.3. The van der Waals surface area contributed by atoms with Crippen LogP contribution in [0.15, 0.2) is 53.1 Å². The lowest BCUT2D eigenvalue weighted by atomic mass is 10.0. The van der Waals surface area contributed by atoms with Crippen LogP contribution >= 0.6 is 0 Å². The molecule has 3 unspecified atom stereocenters. The molecular weight excluding hydrogens is 439 g/mol. The van der Waals surface area contributed by atoms with E-state index in [9.17, 15) is 14.0 Å². The number of hydrogen-bond acceptors (Lipinski definition) is 6. The lowest BCUT2D eigenvalue weighted by Crippen LogP contribution is -2.37. The summed E-state index contributed by atoms with van der Waals surface area (Å²) >= 11 is 0. The minimum Gasteiger partial charge on any atom is -0.383 e. The summed E-state index contributed by atoms with van der Waals surface area (Å²) in [5.74, 6) is -0.910. The van der Waals surface area contributed by atoms with Gasteiger partial charge in [-0.3, -0.25) is 9.59 Å². The minimum absolute atomic E-state index is 0.122. The molecule has 0 aliphatic heterocycles. The predicted octanol–water partition coefficient (Wildman–Crippen LogP) is 3.24. The summed E-state index contributed by atoms with van der Waals surface area (Å²) in [6.45, 7) is 2.44. The van der Waals surface area contributed by atoms with E-state index in [1.165, 1.54) is 6.07 Å². The third kappa shape index (κ3) is 5.31. The highest BCUT2D eigenvalue weighted by Gasteiger charge is 2.42. The van der Waals surface area contributed by atoms with Gasteiger partial charge in [-0.05, 0) is 37.5 Å². The average Bonchev–Trinajstić information content (AvgIpc) is 3.49. The highest BCUT2D eigenvalue weighted by Crippen LogP contribution is 2.39. The molecule has 1 aliphatic rings. The number of amides is 2. The van der Waals surface area contributed by atoms with Crippen LogP contribution in [0.2, 0.25) is 0 Å². The molecule has 4 rings (SSSR count).